The molecule has 2 heteroatoms. The molecule has 0 saturated carbocycles. The molecule has 1 N–H and O–H groups in total. The van der Waals surface area contributed by atoms with Crippen molar-refractivity contribution in [1.82, 2.24) is 10.3 Å². The summed E-state index contributed by atoms with van der Waals surface area (Å²) in [5.74, 6) is 0.559. The van der Waals surface area contributed by atoms with Crippen molar-refractivity contribution in [3.05, 3.63) is 42.2 Å². The van der Waals surface area contributed by atoms with E-state index in [1.165, 1.54) is 16.3 Å². The molecule has 2 rings (SSSR count). The first-order valence-corrected chi connectivity index (χ1v) is 6.74. The third-order valence-corrected chi connectivity index (χ3v) is 3.38. The Balaban J connectivity index is 2.15. The van der Waals surface area contributed by atoms with E-state index in [4.69, 9.17) is 0 Å². The van der Waals surface area contributed by atoms with Crippen LogP contribution < -0.4 is 5.32 Å². The van der Waals surface area contributed by atoms with E-state index in [9.17, 15) is 0 Å². The lowest BCUT2D eigenvalue weighted by Crippen LogP contribution is -2.24. The lowest BCUT2D eigenvalue weighted by atomic mass is 9.93. The highest BCUT2D eigenvalue weighted by atomic mass is 14.9. The van der Waals surface area contributed by atoms with E-state index in [-0.39, 0.29) is 0 Å². The summed E-state index contributed by atoms with van der Waals surface area (Å²) in [5.41, 5.74) is 1.41. The molecule has 1 aromatic carbocycles. The van der Waals surface area contributed by atoms with Crippen molar-refractivity contribution >= 4 is 10.8 Å². The number of hydrogen-bond acceptors (Lipinski definition) is 2. The van der Waals surface area contributed by atoms with Gasteiger partial charge in [0.2, 0.25) is 0 Å². The number of nitrogens with zero attached hydrogens (tertiary/aromatic N) is 1. The number of nitrogens with one attached hydrogen (secondary N) is 1. The van der Waals surface area contributed by atoms with E-state index in [0.29, 0.717) is 12.0 Å². The topological polar surface area (TPSA) is 24.9 Å². The molecule has 0 aliphatic carbocycles. The number of aromatic nitrogens is 1. The Morgan fingerprint density at radius 3 is 2.78 bits per heavy atom. The van der Waals surface area contributed by atoms with Crippen LogP contribution in [0.5, 0.6) is 0 Å². The van der Waals surface area contributed by atoms with Gasteiger partial charge in [-0.3, -0.25) is 4.98 Å². The first kappa shape index (κ1) is 13.0. The molecule has 18 heavy (non-hydrogen) atoms. The predicted octanol–water partition coefficient (Wildman–Crippen LogP) is 3.73. The van der Waals surface area contributed by atoms with Crippen LogP contribution in [0, 0.1) is 0 Å². The van der Waals surface area contributed by atoms with Gasteiger partial charge in [0.25, 0.3) is 0 Å². The van der Waals surface area contributed by atoms with Crippen LogP contribution in [0.4, 0.5) is 0 Å². The second-order valence-electron chi connectivity index (χ2n) is 5.24. The number of rotatable bonds is 5. The van der Waals surface area contributed by atoms with Crippen molar-refractivity contribution in [1.29, 1.82) is 0 Å². The van der Waals surface area contributed by atoms with Crippen molar-refractivity contribution in [2.24, 2.45) is 0 Å². The highest BCUT2D eigenvalue weighted by Gasteiger charge is 2.09. The smallest absolute Gasteiger partial charge is 0.0349 e. The summed E-state index contributed by atoms with van der Waals surface area (Å²) in [4.78, 5) is 4.25. The van der Waals surface area contributed by atoms with Gasteiger partial charge in [-0.1, -0.05) is 39.0 Å². The third-order valence-electron chi connectivity index (χ3n) is 3.38. The molecule has 0 bridgehead atoms. The van der Waals surface area contributed by atoms with Crippen molar-refractivity contribution in [2.45, 2.75) is 39.2 Å². The van der Waals surface area contributed by atoms with Crippen LogP contribution in [-0.2, 0) is 0 Å². The molecular weight excluding hydrogens is 220 g/mol. The second-order valence-corrected chi connectivity index (χ2v) is 5.24. The molecule has 0 fully saturated rings. The summed E-state index contributed by atoms with van der Waals surface area (Å²) in [6.07, 6.45) is 5.00. The van der Waals surface area contributed by atoms with Crippen LogP contribution in [0.3, 0.4) is 0 Å². The first-order chi connectivity index (χ1) is 8.68. The van der Waals surface area contributed by atoms with Gasteiger partial charge in [-0.05, 0) is 35.9 Å². The maximum Gasteiger partial charge on any atom is 0.0349 e. The largest absolute Gasteiger partial charge is 0.315 e. The summed E-state index contributed by atoms with van der Waals surface area (Å²) in [6, 6.07) is 9.16. The fraction of sp³-hybridized carbons (Fsp3) is 0.438. The van der Waals surface area contributed by atoms with E-state index < -0.39 is 0 Å². The molecule has 0 spiro atoms. The fourth-order valence-corrected chi connectivity index (χ4v) is 2.31. The van der Waals surface area contributed by atoms with Crippen LogP contribution in [-0.4, -0.2) is 17.6 Å². The van der Waals surface area contributed by atoms with Gasteiger partial charge in [0.15, 0.2) is 0 Å². The maximum atomic E-state index is 4.25. The average Bonchev–Trinajstić information content (AvgIpc) is 2.37. The molecule has 0 radical (unpaired) electrons. The van der Waals surface area contributed by atoms with E-state index in [1.54, 1.807) is 0 Å². The molecular formula is C16H22N2. The van der Waals surface area contributed by atoms with Crippen LogP contribution in [0.1, 0.15) is 38.7 Å². The van der Waals surface area contributed by atoms with Gasteiger partial charge in [0.1, 0.15) is 0 Å². The van der Waals surface area contributed by atoms with Gasteiger partial charge >= 0.3 is 0 Å². The van der Waals surface area contributed by atoms with Gasteiger partial charge in [-0.15, -0.1) is 0 Å². The molecule has 0 aliphatic heterocycles. The minimum atomic E-state index is 0.559. The SMILES string of the molecule is CC(C)NCCC(C)c1cccc2ccncc12. The Morgan fingerprint density at radius 1 is 1.17 bits per heavy atom. The summed E-state index contributed by atoms with van der Waals surface area (Å²) in [5, 5.41) is 6.05. The third kappa shape index (κ3) is 3.08. The summed E-state index contributed by atoms with van der Waals surface area (Å²) < 4.78 is 0. The fourth-order valence-electron chi connectivity index (χ4n) is 2.31. The predicted molar refractivity (Wildman–Crippen MR) is 77.9 cm³/mol. The normalized spacial score (nSPS) is 13.1. The Bertz CT molecular complexity index is 500. The van der Waals surface area contributed by atoms with Crippen LogP contribution in [0.25, 0.3) is 10.8 Å². The van der Waals surface area contributed by atoms with Crippen molar-refractivity contribution in [2.75, 3.05) is 6.54 Å². The zero-order valence-corrected chi connectivity index (χ0v) is 11.5. The van der Waals surface area contributed by atoms with Crippen molar-refractivity contribution in [3.63, 3.8) is 0 Å². The molecule has 2 nitrogen and oxygen atoms in total. The van der Waals surface area contributed by atoms with Crippen LogP contribution >= 0.6 is 0 Å². The summed E-state index contributed by atoms with van der Waals surface area (Å²) in [7, 11) is 0. The lowest BCUT2D eigenvalue weighted by molar-refractivity contribution is 0.542. The number of pyridine rings is 1. The number of fused-ring (bicyclic) bond motifs is 1. The Kier molecular flexibility index (Phi) is 4.32. The highest BCUT2D eigenvalue weighted by molar-refractivity contribution is 5.85. The maximum absolute atomic E-state index is 4.25. The van der Waals surface area contributed by atoms with Gasteiger partial charge in [0.05, 0.1) is 0 Å². The summed E-state index contributed by atoms with van der Waals surface area (Å²) >= 11 is 0. The molecule has 2 aromatic rings. The number of benzene rings is 1. The minimum absolute atomic E-state index is 0.559. The quantitative estimate of drug-likeness (QED) is 0.864. The molecule has 1 heterocycles. The lowest BCUT2D eigenvalue weighted by Gasteiger charge is -2.16. The van der Waals surface area contributed by atoms with Gasteiger partial charge < -0.3 is 5.32 Å². The van der Waals surface area contributed by atoms with Crippen LogP contribution in [0.15, 0.2) is 36.7 Å². The van der Waals surface area contributed by atoms with Gasteiger partial charge in [0, 0.05) is 23.8 Å². The Hall–Kier alpha value is -1.41. The van der Waals surface area contributed by atoms with Gasteiger partial charge in [-0.25, -0.2) is 0 Å². The highest BCUT2D eigenvalue weighted by Crippen LogP contribution is 2.26. The summed E-state index contributed by atoms with van der Waals surface area (Å²) in [6.45, 7) is 7.73. The molecule has 1 atom stereocenters. The van der Waals surface area contributed by atoms with E-state index in [2.05, 4.69) is 55.3 Å². The molecule has 96 valence electrons. The number of hydrogen-bond donors (Lipinski definition) is 1. The zero-order valence-electron chi connectivity index (χ0n) is 11.5. The molecule has 0 saturated heterocycles. The Labute approximate surface area is 109 Å². The molecule has 0 amide bonds. The average molecular weight is 242 g/mol. The molecule has 1 unspecified atom stereocenters. The molecule has 0 aliphatic rings. The first-order valence-electron chi connectivity index (χ1n) is 6.74. The van der Waals surface area contributed by atoms with Crippen LogP contribution in [0.2, 0.25) is 0 Å². The van der Waals surface area contributed by atoms with Crippen molar-refractivity contribution < 1.29 is 0 Å². The van der Waals surface area contributed by atoms with E-state index in [1.807, 2.05) is 12.4 Å². The second kappa shape index (κ2) is 5.96. The van der Waals surface area contributed by atoms with Crippen molar-refractivity contribution in [3.8, 4) is 0 Å². The minimum Gasteiger partial charge on any atom is -0.315 e. The van der Waals surface area contributed by atoms with E-state index in [0.717, 1.165) is 13.0 Å². The van der Waals surface area contributed by atoms with E-state index >= 15 is 0 Å². The monoisotopic (exact) mass is 242 g/mol. The Morgan fingerprint density at radius 2 is 2.00 bits per heavy atom. The van der Waals surface area contributed by atoms with Gasteiger partial charge in [-0.2, -0.15) is 0 Å². The zero-order chi connectivity index (χ0) is 13.0. The molecule has 1 aromatic heterocycles. The standard InChI is InChI=1S/C16H22N2/c1-12(2)18-10-7-13(3)15-6-4-5-14-8-9-17-11-16(14)15/h4-6,8-9,11-13,18H,7,10H2,1-3H3.